The second-order valence-corrected chi connectivity index (χ2v) is 4.94. The minimum atomic E-state index is -1.01. The van der Waals surface area contributed by atoms with Gasteiger partial charge in [0, 0.05) is 19.2 Å². The van der Waals surface area contributed by atoms with Crippen LogP contribution in [0, 0.1) is 31.9 Å². The van der Waals surface area contributed by atoms with E-state index in [2.05, 4.69) is 10.7 Å². The van der Waals surface area contributed by atoms with Crippen LogP contribution in [0.4, 0.5) is 36.3 Å². The second kappa shape index (κ2) is 7.38. The van der Waals surface area contributed by atoms with Crippen LogP contribution in [0.25, 0.3) is 0 Å². The van der Waals surface area contributed by atoms with Crippen molar-refractivity contribution in [2.75, 3.05) is 17.4 Å². The number of nitro benzene ring substituents is 2. The molecule has 0 saturated heterocycles. The number of nitrogens with one attached hydrogen (secondary N) is 2. The Morgan fingerprint density at radius 1 is 1.08 bits per heavy atom. The van der Waals surface area contributed by atoms with Gasteiger partial charge in [0.2, 0.25) is 0 Å². The van der Waals surface area contributed by atoms with Gasteiger partial charge in [0.05, 0.1) is 21.6 Å². The van der Waals surface area contributed by atoms with Gasteiger partial charge in [-0.25, -0.2) is 19.0 Å². The molecule has 2 aromatic carbocycles. The third-order valence-corrected chi connectivity index (χ3v) is 3.18. The van der Waals surface area contributed by atoms with Crippen molar-refractivity contribution in [3.8, 4) is 0 Å². The molecule has 0 fully saturated rings. The molecule has 26 heavy (non-hydrogen) atoms. The lowest BCUT2D eigenvalue weighted by Crippen LogP contribution is -2.42. The van der Waals surface area contributed by atoms with Gasteiger partial charge in [0.15, 0.2) is 0 Å². The van der Waals surface area contributed by atoms with Crippen LogP contribution in [-0.4, -0.2) is 22.9 Å². The van der Waals surface area contributed by atoms with Crippen LogP contribution in [0.3, 0.4) is 0 Å². The predicted molar refractivity (Wildman–Crippen MR) is 86.7 cm³/mol. The molecule has 0 heterocycles. The minimum absolute atomic E-state index is 0.143. The van der Waals surface area contributed by atoms with Crippen molar-refractivity contribution in [1.29, 1.82) is 0 Å². The van der Waals surface area contributed by atoms with Crippen LogP contribution in [0.5, 0.6) is 0 Å². The molecule has 10 nitrogen and oxygen atoms in total. The fraction of sp³-hybridized carbons (Fsp3) is 0.0714. The normalized spacial score (nSPS) is 10.1. The first kappa shape index (κ1) is 18.5. The molecule has 0 spiro atoms. The third-order valence-electron chi connectivity index (χ3n) is 3.18. The van der Waals surface area contributed by atoms with Crippen molar-refractivity contribution in [2.45, 2.75) is 0 Å². The van der Waals surface area contributed by atoms with Gasteiger partial charge >= 0.3 is 11.7 Å². The highest BCUT2D eigenvalue weighted by molar-refractivity contribution is 5.90. The first-order valence-corrected chi connectivity index (χ1v) is 6.88. The van der Waals surface area contributed by atoms with Crippen molar-refractivity contribution < 1.29 is 23.4 Å². The van der Waals surface area contributed by atoms with Gasteiger partial charge in [0.1, 0.15) is 17.3 Å². The zero-order valence-corrected chi connectivity index (χ0v) is 13.1. The first-order valence-electron chi connectivity index (χ1n) is 6.88. The van der Waals surface area contributed by atoms with Gasteiger partial charge < -0.3 is 5.32 Å². The van der Waals surface area contributed by atoms with Crippen molar-refractivity contribution in [2.24, 2.45) is 0 Å². The smallest absolute Gasteiger partial charge is 0.304 e. The summed E-state index contributed by atoms with van der Waals surface area (Å²) in [5, 5.41) is 24.9. The van der Waals surface area contributed by atoms with Crippen molar-refractivity contribution >= 4 is 28.8 Å². The highest BCUT2D eigenvalue weighted by atomic mass is 19.1. The molecular weight excluding hydrogens is 356 g/mol. The average molecular weight is 367 g/mol. The predicted octanol–water partition coefficient (Wildman–Crippen LogP) is 2.95. The largest absolute Gasteiger partial charge is 0.338 e. The van der Waals surface area contributed by atoms with E-state index in [9.17, 15) is 33.8 Å². The summed E-state index contributed by atoms with van der Waals surface area (Å²) in [6.45, 7) is 0. The maximum Gasteiger partial charge on any atom is 0.338 e. The number of carbonyl (C=O) groups excluding carboxylic acids is 1. The molecule has 2 amide bonds. The molecule has 0 saturated carbocycles. The van der Waals surface area contributed by atoms with Crippen molar-refractivity contribution in [3.05, 3.63) is 68.3 Å². The Morgan fingerprint density at radius 2 is 1.77 bits per heavy atom. The zero-order chi connectivity index (χ0) is 19.4. The van der Waals surface area contributed by atoms with Crippen LogP contribution in [0.2, 0.25) is 0 Å². The minimum Gasteiger partial charge on any atom is -0.304 e. The number of anilines is 2. The maximum absolute atomic E-state index is 13.5. The Balaban J connectivity index is 2.18. The SMILES string of the molecule is CN(NC(=O)Nc1ccc(F)cc1F)c1ccc([N+](=O)[O-])cc1[N+](=O)[O-]. The number of halogens is 2. The fourth-order valence-corrected chi connectivity index (χ4v) is 2.01. The van der Waals surface area contributed by atoms with E-state index in [0.717, 1.165) is 35.3 Å². The summed E-state index contributed by atoms with van der Waals surface area (Å²) in [5.74, 6) is -1.84. The van der Waals surface area contributed by atoms with Crippen LogP contribution in [0.1, 0.15) is 0 Å². The molecule has 0 bridgehead atoms. The Morgan fingerprint density at radius 3 is 2.35 bits per heavy atom. The Labute approximate surface area is 144 Å². The molecule has 0 aliphatic heterocycles. The fourth-order valence-electron chi connectivity index (χ4n) is 2.01. The highest BCUT2D eigenvalue weighted by Gasteiger charge is 2.23. The molecule has 0 atom stereocenters. The zero-order valence-electron chi connectivity index (χ0n) is 13.1. The van der Waals surface area contributed by atoms with Crippen LogP contribution >= 0.6 is 0 Å². The number of non-ortho nitro benzene ring substituents is 1. The van der Waals surface area contributed by atoms with E-state index in [0.29, 0.717) is 6.07 Å². The number of hydrogen-bond donors (Lipinski definition) is 2. The number of amides is 2. The molecule has 2 aromatic rings. The van der Waals surface area contributed by atoms with E-state index >= 15 is 0 Å². The summed E-state index contributed by atoms with van der Waals surface area (Å²) in [4.78, 5) is 32.1. The van der Waals surface area contributed by atoms with Gasteiger partial charge in [-0.2, -0.15) is 0 Å². The summed E-state index contributed by atoms with van der Waals surface area (Å²) < 4.78 is 26.3. The quantitative estimate of drug-likeness (QED) is 0.617. The molecule has 12 heteroatoms. The Kier molecular flexibility index (Phi) is 5.25. The number of hydrazine groups is 1. The lowest BCUT2D eigenvalue weighted by molar-refractivity contribution is -0.393. The summed E-state index contributed by atoms with van der Waals surface area (Å²) >= 11 is 0. The summed E-state index contributed by atoms with van der Waals surface area (Å²) in [7, 11) is 1.24. The molecular formula is C14H11F2N5O5. The number of benzene rings is 2. The van der Waals surface area contributed by atoms with E-state index in [4.69, 9.17) is 0 Å². The molecule has 0 aliphatic rings. The molecule has 2 rings (SSSR count). The Bertz CT molecular complexity index is 892. The van der Waals surface area contributed by atoms with E-state index in [1.54, 1.807) is 0 Å². The maximum atomic E-state index is 13.5. The molecule has 0 aliphatic carbocycles. The molecule has 0 radical (unpaired) electrons. The van der Waals surface area contributed by atoms with E-state index in [1.165, 1.54) is 7.05 Å². The average Bonchev–Trinajstić information content (AvgIpc) is 2.56. The molecule has 2 N–H and O–H groups in total. The van der Waals surface area contributed by atoms with Crippen molar-refractivity contribution in [1.82, 2.24) is 5.43 Å². The number of carbonyl (C=O) groups is 1. The first-order chi connectivity index (χ1) is 12.2. The second-order valence-electron chi connectivity index (χ2n) is 4.94. The third kappa shape index (κ3) is 4.17. The van der Waals surface area contributed by atoms with Gasteiger partial charge in [0.25, 0.3) is 5.69 Å². The van der Waals surface area contributed by atoms with Gasteiger partial charge in [-0.1, -0.05) is 0 Å². The topological polar surface area (TPSA) is 131 Å². The van der Waals surface area contributed by atoms with Crippen molar-refractivity contribution in [3.63, 3.8) is 0 Å². The standard InChI is InChI=1S/C14H11F2N5O5/c1-19(12-5-3-9(20(23)24)7-13(12)21(25)26)18-14(22)17-11-4-2-8(15)6-10(11)16/h2-7H,1H3,(H2,17,18,22). The summed E-state index contributed by atoms with van der Waals surface area (Å²) in [6.07, 6.45) is 0. The van der Waals surface area contributed by atoms with Gasteiger partial charge in [-0.3, -0.25) is 25.2 Å². The molecule has 136 valence electrons. The number of nitro groups is 2. The summed E-state index contributed by atoms with van der Waals surface area (Å²) in [6, 6.07) is 4.38. The van der Waals surface area contributed by atoms with Crippen LogP contribution in [0.15, 0.2) is 36.4 Å². The van der Waals surface area contributed by atoms with Gasteiger partial charge in [-0.15, -0.1) is 0 Å². The number of rotatable bonds is 5. The monoisotopic (exact) mass is 367 g/mol. The molecule has 0 aromatic heterocycles. The Hall–Kier alpha value is -3.83. The molecule has 0 unspecified atom stereocenters. The highest BCUT2D eigenvalue weighted by Crippen LogP contribution is 2.30. The summed E-state index contributed by atoms with van der Waals surface area (Å²) in [5.41, 5.74) is 0.617. The number of hydrogen-bond acceptors (Lipinski definition) is 6. The number of nitrogens with zero attached hydrogens (tertiary/aromatic N) is 3. The van der Waals surface area contributed by atoms with E-state index in [1.807, 2.05) is 0 Å². The lowest BCUT2D eigenvalue weighted by atomic mass is 10.2. The van der Waals surface area contributed by atoms with Crippen LogP contribution < -0.4 is 15.8 Å². The van der Waals surface area contributed by atoms with E-state index < -0.39 is 38.9 Å². The van der Waals surface area contributed by atoms with Gasteiger partial charge in [-0.05, 0) is 18.2 Å². The lowest BCUT2D eigenvalue weighted by Gasteiger charge is -2.20. The number of urea groups is 1. The van der Waals surface area contributed by atoms with Crippen LogP contribution in [-0.2, 0) is 0 Å². The van der Waals surface area contributed by atoms with E-state index in [-0.39, 0.29) is 11.4 Å².